The molecule has 0 spiro atoms. The van der Waals surface area contributed by atoms with Crippen LogP contribution in [0.1, 0.15) is 63.1 Å². The Kier molecular flexibility index (Phi) is 5.30. The van der Waals surface area contributed by atoms with E-state index in [1.807, 2.05) is 11.3 Å². The maximum atomic E-state index is 10.5. The number of thiophene rings is 1. The summed E-state index contributed by atoms with van der Waals surface area (Å²) >= 11 is 1.87. The van der Waals surface area contributed by atoms with Gasteiger partial charge in [0.2, 0.25) is 0 Å². The largest absolute Gasteiger partial charge is 0.392 e. The van der Waals surface area contributed by atoms with Gasteiger partial charge < -0.3 is 5.11 Å². The van der Waals surface area contributed by atoms with Crippen LogP contribution in [-0.2, 0) is 12.8 Å². The van der Waals surface area contributed by atoms with Crippen LogP contribution in [-0.4, -0.2) is 11.2 Å². The third kappa shape index (κ3) is 4.08. The second-order valence-electron chi connectivity index (χ2n) is 7.47. The summed E-state index contributed by atoms with van der Waals surface area (Å²) in [5, 5.41) is 10.5. The smallest absolute Gasteiger partial charge is 0.0616 e. The predicted octanol–water partition coefficient (Wildman–Crippen LogP) is 5.07. The van der Waals surface area contributed by atoms with Crippen LogP contribution in [0.5, 0.6) is 0 Å². The quantitative estimate of drug-likeness (QED) is 0.822. The lowest BCUT2D eigenvalue weighted by atomic mass is 9.68. The predicted molar refractivity (Wildman–Crippen MR) is 88.3 cm³/mol. The first kappa shape index (κ1) is 16.0. The van der Waals surface area contributed by atoms with Crippen molar-refractivity contribution in [1.82, 2.24) is 0 Å². The lowest BCUT2D eigenvalue weighted by molar-refractivity contribution is 0.0542. The van der Waals surface area contributed by atoms with Gasteiger partial charge in [0.15, 0.2) is 0 Å². The van der Waals surface area contributed by atoms with Gasteiger partial charge in [-0.3, -0.25) is 0 Å². The highest BCUT2D eigenvalue weighted by Crippen LogP contribution is 2.41. The first-order valence-corrected chi connectivity index (χ1v) is 8.97. The molecule has 1 atom stereocenters. The first-order chi connectivity index (χ1) is 9.40. The average Bonchev–Trinajstić information content (AvgIpc) is 2.85. The molecule has 0 aliphatic heterocycles. The van der Waals surface area contributed by atoms with E-state index >= 15 is 0 Å². The Morgan fingerprint density at radius 2 is 1.75 bits per heavy atom. The normalized spacial score (nSPS) is 25.6. The standard InChI is InChI=1S/C18H30OS/c1-5-15-10-11-16(20-15)12-17(19)13-6-8-14(9-7-13)18(2,3)4/h10-11,13-14,17,19H,5-9,12H2,1-4H3. The molecule has 0 amide bonds. The maximum Gasteiger partial charge on any atom is 0.0616 e. The second-order valence-corrected chi connectivity index (χ2v) is 8.72. The van der Waals surface area contributed by atoms with Crippen molar-refractivity contribution in [3.63, 3.8) is 0 Å². The van der Waals surface area contributed by atoms with Crippen molar-refractivity contribution in [3.05, 3.63) is 21.9 Å². The van der Waals surface area contributed by atoms with Gasteiger partial charge in [0.1, 0.15) is 0 Å². The molecule has 20 heavy (non-hydrogen) atoms. The lowest BCUT2D eigenvalue weighted by Crippen LogP contribution is -2.31. The number of hydrogen-bond donors (Lipinski definition) is 1. The van der Waals surface area contributed by atoms with Crippen molar-refractivity contribution in [2.24, 2.45) is 17.3 Å². The molecule has 1 N–H and O–H groups in total. The van der Waals surface area contributed by atoms with Gasteiger partial charge in [-0.2, -0.15) is 0 Å². The molecule has 0 bridgehead atoms. The molecule has 114 valence electrons. The first-order valence-electron chi connectivity index (χ1n) is 8.15. The van der Waals surface area contributed by atoms with Crippen LogP contribution >= 0.6 is 11.3 Å². The van der Waals surface area contributed by atoms with Gasteiger partial charge in [-0.15, -0.1) is 11.3 Å². The van der Waals surface area contributed by atoms with Gasteiger partial charge in [-0.05, 0) is 61.5 Å². The van der Waals surface area contributed by atoms with Gasteiger partial charge in [0.25, 0.3) is 0 Å². The van der Waals surface area contributed by atoms with E-state index < -0.39 is 0 Å². The van der Waals surface area contributed by atoms with Crippen molar-refractivity contribution in [2.75, 3.05) is 0 Å². The SMILES string of the molecule is CCc1ccc(CC(O)C2CCC(C(C)(C)C)CC2)s1. The lowest BCUT2D eigenvalue weighted by Gasteiger charge is -2.38. The van der Waals surface area contributed by atoms with Crippen LogP contribution in [0.25, 0.3) is 0 Å². The fraction of sp³-hybridized carbons (Fsp3) is 0.778. The minimum atomic E-state index is -0.140. The summed E-state index contributed by atoms with van der Waals surface area (Å²) in [6, 6.07) is 4.41. The zero-order valence-corrected chi connectivity index (χ0v) is 14.3. The molecule has 1 aliphatic rings. The molecule has 1 aromatic heterocycles. The zero-order chi connectivity index (χ0) is 14.8. The summed E-state index contributed by atoms with van der Waals surface area (Å²) in [6.07, 6.45) is 6.81. The van der Waals surface area contributed by atoms with Gasteiger partial charge in [0, 0.05) is 16.2 Å². The van der Waals surface area contributed by atoms with Crippen LogP contribution < -0.4 is 0 Å². The van der Waals surface area contributed by atoms with Gasteiger partial charge in [0.05, 0.1) is 6.10 Å². The summed E-state index contributed by atoms with van der Waals surface area (Å²) in [6.45, 7) is 9.25. The van der Waals surface area contributed by atoms with Gasteiger partial charge in [-0.25, -0.2) is 0 Å². The van der Waals surface area contributed by atoms with Crippen molar-refractivity contribution in [3.8, 4) is 0 Å². The molecule has 1 aromatic rings. The molecule has 0 aromatic carbocycles. The van der Waals surface area contributed by atoms with Crippen LogP contribution in [0.3, 0.4) is 0 Å². The average molecular weight is 295 g/mol. The van der Waals surface area contributed by atoms with E-state index in [0.717, 1.165) is 18.8 Å². The molecule has 1 aliphatic carbocycles. The minimum Gasteiger partial charge on any atom is -0.392 e. The van der Waals surface area contributed by atoms with E-state index in [0.29, 0.717) is 11.3 Å². The van der Waals surface area contributed by atoms with Crippen molar-refractivity contribution >= 4 is 11.3 Å². The Balaban J connectivity index is 1.84. The molecule has 0 radical (unpaired) electrons. The minimum absolute atomic E-state index is 0.140. The fourth-order valence-electron chi connectivity index (χ4n) is 3.46. The van der Waals surface area contributed by atoms with Crippen LogP contribution in [0.4, 0.5) is 0 Å². The van der Waals surface area contributed by atoms with E-state index in [1.54, 1.807) is 0 Å². The van der Waals surface area contributed by atoms with Crippen molar-refractivity contribution < 1.29 is 5.11 Å². The van der Waals surface area contributed by atoms with Crippen LogP contribution in [0.15, 0.2) is 12.1 Å². The summed E-state index contributed by atoms with van der Waals surface area (Å²) in [5.41, 5.74) is 0.430. The molecule has 1 fully saturated rings. The Labute approximate surface area is 128 Å². The number of aliphatic hydroxyl groups excluding tert-OH is 1. The molecule has 0 saturated heterocycles. The molecule has 2 heteroatoms. The highest BCUT2D eigenvalue weighted by Gasteiger charge is 2.32. The van der Waals surface area contributed by atoms with E-state index in [9.17, 15) is 5.11 Å². The summed E-state index contributed by atoms with van der Waals surface area (Å²) in [4.78, 5) is 2.79. The Hall–Kier alpha value is -0.340. The van der Waals surface area contributed by atoms with E-state index in [1.165, 1.54) is 35.4 Å². The highest BCUT2D eigenvalue weighted by molar-refractivity contribution is 7.11. The fourth-order valence-corrected chi connectivity index (χ4v) is 4.47. The van der Waals surface area contributed by atoms with Crippen molar-refractivity contribution in [2.45, 2.75) is 72.3 Å². The Bertz CT molecular complexity index is 407. The number of rotatable bonds is 4. The Morgan fingerprint density at radius 3 is 2.25 bits per heavy atom. The van der Waals surface area contributed by atoms with E-state index in [-0.39, 0.29) is 6.10 Å². The van der Waals surface area contributed by atoms with Crippen LogP contribution in [0.2, 0.25) is 0 Å². The molecular formula is C18H30OS. The van der Waals surface area contributed by atoms with Gasteiger partial charge in [-0.1, -0.05) is 27.7 Å². The molecule has 1 nitrogen and oxygen atoms in total. The second kappa shape index (κ2) is 6.62. The number of aryl methyl sites for hydroxylation is 1. The van der Waals surface area contributed by atoms with Crippen molar-refractivity contribution in [1.29, 1.82) is 0 Å². The maximum absolute atomic E-state index is 10.5. The summed E-state index contributed by atoms with van der Waals surface area (Å²) < 4.78 is 0. The zero-order valence-electron chi connectivity index (χ0n) is 13.5. The third-order valence-electron chi connectivity index (χ3n) is 5.02. The molecule has 1 unspecified atom stereocenters. The topological polar surface area (TPSA) is 20.2 Å². The third-order valence-corrected chi connectivity index (χ3v) is 6.27. The summed E-state index contributed by atoms with van der Waals surface area (Å²) in [5.74, 6) is 1.35. The molecule has 1 saturated carbocycles. The van der Waals surface area contributed by atoms with E-state index in [2.05, 4.69) is 39.8 Å². The van der Waals surface area contributed by atoms with Crippen LogP contribution in [0, 0.1) is 17.3 Å². The number of hydrogen-bond acceptors (Lipinski definition) is 2. The van der Waals surface area contributed by atoms with Gasteiger partial charge >= 0.3 is 0 Å². The van der Waals surface area contributed by atoms with E-state index in [4.69, 9.17) is 0 Å². The monoisotopic (exact) mass is 294 g/mol. The molecular weight excluding hydrogens is 264 g/mol. The highest BCUT2D eigenvalue weighted by atomic mass is 32.1. The molecule has 2 rings (SSSR count). The molecule has 1 heterocycles. The number of aliphatic hydroxyl groups is 1. The summed E-state index contributed by atoms with van der Waals surface area (Å²) in [7, 11) is 0. The Morgan fingerprint density at radius 1 is 1.15 bits per heavy atom.